The highest BCUT2D eigenvalue weighted by atomic mass is 16.4. The van der Waals surface area contributed by atoms with Gasteiger partial charge in [-0.3, -0.25) is 0 Å². The van der Waals surface area contributed by atoms with E-state index in [1.165, 1.54) is 0 Å². The van der Waals surface area contributed by atoms with Crippen molar-refractivity contribution in [2.45, 2.75) is 40.2 Å². The van der Waals surface area contributed by atoms with Gasteiger partial charge < -0.3 is 25.2 Å². The molecule has 0 aliphatic rings. The van der Waals surface area contributed by atoms with Gasteiger partial charge in [0.05, 0.1) is 6.26 Å². The Morgan fingerprint density at radius 3 is 2.48 bits per heavy atom. The highest BCUT2D eigenvalue weighted by molar-refractivity contribution is 6.03. The molecule has 0 unspecified atom stereocenters. The highest BCUT2D eigenvalue weighted by Gasteiger charge is 2.18. The van der Waals surface area contributed by atoms with Crippen LogP contribution in [-0.2, 0) is 6.54 Å². The Morgan fingerprint density at radius 1 is 0.963 bits per heavy atom. The Morgan fingerprint density at radius 2 is 1.70 bits per heavy atom. The summed E-state index contributed by atoms with van der Waals surface area (Å²) in [4.78, 5) is 11.8. The van der Waals surface area contributed by atoms with E-state index in [0.717, 1.165) is 84.2 Å². The normalized spacial score (nSPS) is 11.7. The van der Waals surface area contributed by atoms with Crippen molar-refractivity contribution in [2.75, 3.05) is 26.2 Å². The Bertz CT molecular complexity index is 988. The first-order chi connectivity index (χ1) is 13.0. The number of benzene rings is 1. The predicted molar refractivity (Wildman–Crippen MR) is 109 cm³/mol. The molecule has 3 aromatic rings. The zero-order valence-corrected chi connectivity index (χ0v) is 16.4. The van der Waals surface area contributed by atoms with E-state index in [9.17, 15) is 4.79 Å². The molecule has 0 aliphatic heterocycles. The van der Waals surface area contributed by atoms with Crippen LogP contribution in [-0.4, -0.2) is 26.2 Å². The van der Waals surface area contributed by atoms with Crippen LogP contribution < -0.4 is 22.0 Å². The number of rotatable bonds is 9. The SMILES string of the molecule is Cc1c2oc(=O)cc(C)c2c(C)c2c(CNCCCNCCCN)coc12. The van der Waals surface area contributed by atoms with E-state index < -0.39 is 0 Å². The zero-order valence-electron chi connectivity index (χ0n) is 16.4. The van der Waals surface area contributed by atoms with E-state index >= 15 is 0 Å². The van der Waals surface area contributed by atoms with Gasteiger partial charge in [-0.25, -0.2) is 4.79 Å². The van der Waals surface area contributed by atoms with Crippen molar-refractivity contribution in [3.8, 4) is 0 Å². The van der Waals surface area contributed by atoms with Gasteiger partial charge in [0.15, 0.2) is 0 Å². The van der Waals surface area contributed by atoms with E-state index in [0.29, 0.717) is 5.58 Å². The molecule has 0 amide bonds. The number of nitrogens with one attached hydrogen (secondary N) is 2. The molecule has 4 N–H and O–H groups in total. The van der Waals surface area contributed by atoms with E-state index in [2.05, 4.69) is 17.6 Å². The second-order valence-corrected chi connectivity index (χ2v) is 7.09. The summed E-state index contributed by atoms with van der Waals surface area (Å²) in [6.07, 6.45) is 3.88. The molecular formula is C21H29N3O3. The average molecular weight is 371 g/mol. The monoisotopic (exact) mass is 371 g/mol. The lowest BCUT2D eigenvalue weighted by molar-refractivity contribution is 0.554. The smallest absolute Gasteiger partial charge is 0.336 e. The third-order valence-corrected chi connectivity index (χ3v) is 5.04. The molecule has 146 valence electrons. The van der Waals surface area contributed by atoms with Gasteiger partial charge >= 0.3 is 5.63 Å². The molecule has 6 heteroatoms. The minimum Gasteiger partial charge on any atom is -0.464 e. The fourth-order valence-corrected chi connectivity index (χ4v) is 3.69. The van der Waals surface area contributed by atoms with Crippen LogP contribution in [0.1, 0.15) is 35.1 Å². The molecule has 2 heterocycles. The predicted octanol–water partition coefficient (Wildman–Crippen LogP) is 2.88. The number of hydrogen-bond donors (Lipinski definition) is 3. The van der Waals surface area contributed by atoms with Gasteiger partial charge in [0.2, 0.25) is 0 Å². The lowest BCUT2D eigenvalue weighted by Gasteiger charge is -2.10. The maximum absolute atomic E-state index is 11.8. The van der Waals surface area contributed by atoms with Crippen LogP contribution in [0.15, 0.2) is 26.0 Å². The van der Waals surface area contributed by atoms with Crippen LogP contribution in [0.3, 0.4) is 0 Å². The number of furan rings is 1. The zero-order chi connectivity index (χ0) is 19.4. The lowest BCUT2D eigenvalue weighted by atomic mass is 9.97. The second kappa shape index (κ2) is 8.69. The van der Waals surface area contributed by atoms with E-state index in [4.69, 9.17) is 14.6 Å². The van der Waals surface area contributed by atoms with Crippen LogP contribution in [0.2, 0.25) is 0 Å². The summed E-state index contributed by atoms with van der Waals surface area (Å²) in [7, 11) is 0. The number of hydrogen-bond acceptors (Lipinski definition) is 6. The van der Waals surface area contributed by atoms with E-state index in [1.807, 2.05) is 20.1 Å². The molecule has 3 rings (SSSR count). The Balaban J connectivity index is 1.77. The molecule has 0 bridgehead atoms. The van der Waals surface area contributed by atoms with Crippen LogP contribution in [0.5, 0.6) is 0 Å². The van der Waals surface area contributed by atoms with Gasteiger partial charge in [0.1, 0.15) is 11.2 Å². The second-order valence-electron chi connectivity index (χ2n) is 7.09. The molecule has 27 heavy (non-hydrogen) atoms. The first-order valence-corrected chi connectivity index (χ1v) is 9.59. The van der Waals surface area contributed by atoms with Gasteiger partial charge in [-0.15, -0.1) is 0 Å². The van der Waals surface area contributed by atoms with Gasteiger partial charge in [-0.2, -0.15) is 0 Å². The van der Waals surface area contributed by atoms with Crippen molar-refractivity contribution >= 4 is 21.9 Å². The maximum Gasteiger partial charge on any atom is 0.336 e. The van der Waals surface area contributed by atoms with Crippen molar-refractivity contribution in [1.29, 1.82) is 0 Å². The minimum atomic E-state index is -0.324. The fraction of sp³-hybridized carbons (Fsp3) is 0.476. The lowest BCUT2D eigenvalue weighted by Crippen LogP contribution is -2.23. The third kappa shape index (κ3) is 4.08. The molecular weight excluding hydrogens is 342 g/mol. The van der Waals surface area contributed by atoms with Gasteiger partial charge in [-0.05, 0) is 70.9 Å². The summed E-state index contributed by atoms with van der Waals surface area (Å²) in [5.74, 6) is 0. The first-order valence-electron chi connectivity index (χ1n) is 9.59. The largest absolute Gasteiger partial charge is 0.464 e. The number of aryl methyl sites for hydroxylation is 3. The molecule has 0 spiro atoms. The van der Waals surface area contributed by atoms with Crippen LogP contribution in [0.4, 0.5) is 0 Å². The van der Waals surface area contributed by atoms with Crippen molar-refractivity contribution < 1.29 is 8.83 Å². The molecule has 0 saturated heterocycles. The van der Waals surface area contributed by atoms with E-state index in [1.54, 1.807) is 6.07 Å². The molecule has 0 atom stereocenters. The van der Waals surface area contributed by atoms with E-state index in [-0.39, 0.29) is 5.63 Å². The number of nitrogens with two attached hydrogens (primary N) is 1. The van der Waals surface area contributed by atoms with Crippen molar-refractivity contribution in [2.24, 2.45) is 5.73 Å². The molecule has 2 aromatic heterocycles. The van der Waals surface area contributed by atoms with Crippen molar-refractivity contribution in [1.82, 2.24) is 10.6 Å². The summed E-state index contributed by atoms with van der Waals surface area (Å²) in [5, 5.41) is 9.00. The molecule has 1 aromatic carbocycles. The number of fused-ring (bicyclic) bond motifs is 2. The first kappa shape index (κ1) is 19.6. The summed E-state index contributed by atoms with van der Waals surface area (Å²) in [6.45, 7) is 10.3. The Kier molecular flexibility index (Phi) is 6.31. The minimum absolute atomic E-state index is 0.324. The Labute approximate surface area is 159 Å². The van der Waals surface area contributed by atoms with Crippen LogP contribution in [0.25, 0.3) is 21.9 Å². The molecule has 0 radical (unpaired) electrons. The van der Waals surface area contributed by atoms with Gasteiger partial charge in [-0.1, -0.05) is 0 Å². The van der Waals surface area contributed by atoms with Gasteiger partial charge in [0, 0.05) is 34.5 Å². The molecule has 0 saturated carbocycles. The summed E-state index contributed by atoms with van der Waals surface area (Å²) >= 11 is 0. The topological polar surface area (TPSA) is 93.4 Å². The summed E-state index contributed by atoms with van der Waals surface area (Å²) < 4.78 is 11.3. The standard InChI is InChI=1S/C21H29N3O3/c1-13-10-17(25)27-21-15(3)20-19(14(2)18(13)21)16(12-26-20)11-24-9-5-8-23-7-4-6-22/h10,12,23-24H,4-9,11,22H2,1-3H3. The molecule has 0 aliphatic carbocycles. The average Bonchev–Trinajstić information content (AvgIpc) is 3.06. The third-order valence-electron chi connectivity index (χ3n) is 5.04. The highest BCUT2D eigenvalue weighted by Crippen LogP contribution is 2.35. The summed E-state index contributed by atoms with van der Waals surface area (Å²) in [5.41, 5.74) is 10.6. The molecule has 6 nitrogen and oxygen atoms in total. The molecule has 0 fully saturated rings. The fourth-order valence-electron chi connectivity index (χ4n) is 3.69. The summed E-state index contributed by atoms with van der Waals surface area (Å²) in [6, 6.07) is 1.55. The Hall–Kier alpha value is -2.15. The quantitative estimate of drug-likeness (QED) is 0.396. The maximum atomic E-state index is 11.8. The van der Waals surface area contributed by atoms with Crippen LogP contribution in [0, 0.1) is 20.8 Å². The van der Waals surface area contributed by atoms with Crippen molar-refractivity contribution in [3.05, 3.63) is 45.0 Å². The van der Waals surface area contributed by atoms with Crippen LogP contribution >= 0.6 is 0 Å². The van der Waals surface area contributed by atoms with Gasteiger partial charge in [0.25, 0.3) is 0 Å². The van der Waals surface area contributed by atoms with Crippen molar-refractivity contribution in [3.63, 3.8) is 0 Å².